The maximum absolute atomic E-state index is 13.0. The number of anilines is 1. The predicted octanol–water partition coefficient (Wildman–Crippen LogP) is 1.25. The van der Waals surface area contributed by atoms with Gasteiger partial charge in [0.25, 0.3) is 11.8 Å². The van der Waals surface area contributed by atoms with Gasteiger partial charge in [0.2, 0.25) is 15.9 Å². The molecule has 0 spiro atoms. The number of hydrogen-bond acceptors (Lipinski definition) is 6. The van der Waals surface area contributed by atoms with E-state index in [1.165, 1.54) is 22.5 Å². The van der Waals surface area contributed by atoms with Crippen molar-refractivity contribution in [2.45, 2.75) is 11.8 Å². The number of sulfonamides is 1. The quantitative estimate of drug-likeness (QED) is 0.696. The van der Waals surface area contributed by atoms with Crippen molar-refractivity contribution in [3.05, 3.63) is 59.2 Å². The van der Waals surface area contributed by atoms with Crippen LogP contribution in [0.2, 0.25) is 0 Å². The van der Waals surface area contributed by atoms with E-state index < -0.39 is 34.3 Å². The van der Waals surface area contributed by atoms with Gasteiger partial charge in [0.15, 0.2) is 0 Å². The van der Waals surface area contributed by atoms with Crippen molar-refractivity contribution in [3.8, 4) is 0 Å². The molecule has 0 atom stereocenters. The van der Waals surface area contributed by atoms with E-state index in [2.05, 4.69) is 5.32 Å². The third-order valence-electron chi connectivity index (χ3n) is 5.24. The van der Waals surface area contributed by atoms with Crippen LogP contribution >= 0.6 is 0 Å². The summed E-state index contributed by atoms with van der Waals surface area (Å²) in [4.78, 5) is 38.4. The van der Waals surface area contributed by atoms with E-state index in [1.807, 2.05) is 0 Å². The smallest absolute Gasteiger partial charge is 0.262 e. The van der Waals surface area contributed by atoms with Gasteiger partial charge < -0.3 is 10.1 Å². The van der Waals surface area contributed by atoms with Crippen molar-refractivity contribution >= 4 is 33.4 Å². The molecule has 2 aromatic rings. The van der Waals surface area contributed by atoms with Gasteiger partial charge in [-0.15, -0.1) is 0 Å². The molecule has 0 aliphatic carbocycles. The topological polar surface area (TPSA) is 113 Å². The highest BCUT2D eigenvalue weighted by Crippen LogP contribution is 2.25. The van der Waals surface area contributed by atoms with Crippen LogP contribution in [0.3, 0.4) is 0 Å². The second-order valence-electron chi connectivity index (χ2n) is 7.29. The number of morpholine rings is 1. The minimum absolute atomic E-state index is 0.0907. The number of carbonyl (C=O) groups excluding carboxylic acids is 3. The standard InChI is InChI=1S/C21H21N3O6S/c1-14-6-7-15(12-18(14)31(28,29)23-8-10-30-11-9-23)22-19(25)13-24-20(26)16-4-2-3-5-17(16)21(24)27/h2-7,12H,8-11,13H2,1H3,(H,22,25). The molecule has 1 fully saturated rings. The highest BCUT2D eigenvalue weighted by Gasteiger charge is 2.36. The molecule has 0 aromatic heterocycles. The van der Waals surface area contributed by atoms with Gasteiger partial charge in [-0.1, -0.05) is 18.2 Å². The number of nitrogens with one attached hydrogen (secondary N) is 1. The Hall–Kier alpha value is -3.08. The number of rotatable bonds is 5. The summed E-state index contributed by atoms with van der Waals surface area (Å²) in [5.41, 5.74) is 1.33. The molecular weight excluding hydrogens is 422 g/mol. The van der Waals surface area contributed by atoms with Crippen LogP contribution in [0.5, 0.6) is 0 Å². The molecule has 3 amide bonds. The Morgan fingerprint density at radius 2 is 1.65 bits per heavy atom. The van der Waals surface area contributed by atoms with E-state index in [1.54, 1.807) is 31.2 Å². The van der Waals surface area contributed by atoms with E-state index in [4.69, 9.17) is 4.74 Å². The summed E-state index contributed by atoms with van der Waals surface area (Å²) in [6.45, 7) is 2.39. The number of hydrogen-bond donors (Lipinski definition) is 1. The Bertz CT molecular complexity index is 1140. The third-order valence-corrected chi connectivity index (χ3v) is 7.28. The Morgan fingerprint density at radius 1 is 1.03 bits per heavy atom. The number of aryl methyl sites for hydroxylation is 1. The molecule has 1 N–H and O–H groups in total. The largest absolute Gasteiger partial charge is 0.379 e. The number of nitrogens with zero attached hydrogens (tertiary/aromatic N) is 2. The molecule has 2 heterocycles. The second kappa shape index (κ2) is 8.22. The minimum Gasteiger partial charge on any atom is -0.379 e. The Balaban J connectivity index is 1.50. The van der Waals surface area contributed by atoms with Crippen LogP contribution in [-0.2, 0) is 19.6 Å². The van der Waals surface area contributed by atoms with Gasteiger partial charge in [-0.3, -0.25) is 19.3 Å². The number of carbonyl (C=O) groups is 3. The summed E-state index contributed by atoms with van der Waals surface area (Å²) in [5.74, 6) is -1.67. The lowest BCUT2D eigenvalue weighted by molar-refractivity contribution is -0.116. The van der Waals surface area contributed by atoms with Crippen molar-refractivity contribution in [1.29, 1.82) is 0 Å². The molecule has 162 valence electrons. The normalized spacial score (nSPS) is 17.0. The fraction of sp³-hybridized carbons (Fsp3) is 0.286. The first-order valence-electron chi connectivity index (χ1n) is 9.72. The monoisotopic (exact) mass is 443 g/mol. The maximum Gasteiger partial charge on any atom is 0.262 e. The van der Waals surface area contributed by atoms with Crippen LogP contribution in [0.1, 0.15) is 26.3 Å². The molecule has 10 heteroatoms. The molecule has 0 unspecified atom stereocenters. The fourth-order valence-corrected chi connectivity index (χ4v) is 5.27. The zero-order chi connectivity index (χ0) is 22.2. The van der Waals surface area contributed by atoms with Crippen molar-refractivity contribution < 1.29 is 27.5 Å². The van der Waals surface area contributed by atoms with Gasteiger partial charge >= 0.3 is 0 Å². The molecule has 31 heavy (non-hydrogen) atoms. The Kier molecular flexibility index (Phi) is 5.61. The summed E-state index contributed by atoms with van der Waals surface area (Å²) >= 11 is 0. The van der Waals surface area contributed by atoms with Crippen molar-refractivity contribution in [1.82, 2.24) is 9.21 Å². The number of benzene rings is 2. The number of fused-ring (bicyclic) bond motifs is 1. The predicted molar refractivity (Wildman–Crippen MR) is 111 cm³/mol. The van der Waals surface area contributed by atoms with Crippen molar-refractivity contribution in [2.75, 3.05) is 38.2 Å². The van der Waals surface area contributed by atoms with Gasteiger partial charge in [-0.2, -0.15) is 4.31 Å². The Labute approximate surface area is 179 Å². The van der Waals surface area contributed by atoms with E-state index in [-0.39, 0.29) is 34.8 Å². The van der Waals surface area contributed by atoms with E-state index in [9.17, 15) is 22.8 Å². The molecule has 4 rings (SSSR count). The number of amides is 3. The summed E-state index contributed by atoms with van der Waals surface area (Å²) in [6, 6.07) is 10.9. The number of ether oxygens (including phenoxy) is 1. The maximum atomic E-state index is 13.0. The zero-order valence-corrected chi connectivity index (χ0v) is 17.6. The summed E-state index contributed by atoms with van der Waals surface area (Å²) in [5, 5.41) is 2.59. The lowest BCUT2D eigenvalue weighted by Gasteiger charge is -2.27. The molecule has 9 nitrogen and oxygen atoms in total. The third kappa shape index (κ3) is 3.97. The summed E-state index contributed by atoms with van der Waals surface area (Å²) < 4.78 is 32.6. The summed E-state index contributed by atoms with van der Waals surface area (Å²) in [7, 11) is -3.74. The van der Waals surface area contributed by atoms with Crippen molar-refractivity contribution in [2.24, 2.45) is 0 Å². The Morgan fingerprint density at radius 3 is 2.26 bits per heavy atom. The first-order valence-corrected chi connectivity index (χ1v) is 11.2. The molecule has 0 saturated carbocycles. The molecule has 1 saturated heterocycles. The van der Waals surface area contributed by atoms with Crippen LogP contribution in [0.4, 0.5) is 5.69 Å². The number of imide groups is 1. The van der Waals surface area contributed by atoms with Gasteiger partial charge in [-0.05, 0) is 36.8 Å². The fourth-order valence-electron chi connectivity index (χ4n) is 3.61. The lowest BCUT2D eigenvalue weighted by atomic mass is 10.1. The van der Waals surface area contributed by atoms with Crippen molar-refractivity contribution in [3.63, 3.8) is 0 Å². The highest BCUT2D eigenvalue weighted by molar-refractivity contribution is 7.89. The molecule has 0 radical (unpaired) electrons. The molecular formula is C21H21N3O6S. The van der Waals surface area contributed by atoms with Crippen LogP contribution in [0.25, 0.3) is 0 Å². The van der Waals surface area contributed by atoms with E-state index in [0.717, 1.165) is 4.90 Å². The average Bonchev–Trinajstić information content (AvgIpc) is 3.00. The first-order chi connectivity index (χ1) is 14.8. The molecule has 2 aliphatic heterocycles. The highest BCUT2D eigenvalue weighted by atomic mass is 32.2. The van der Waals surface area contributed by atoms with E-state index in [0.29, 0.717) is 18.8 Å². The summed E-state index contributed by atoms with van der Waals surface area (Å²) in [6.07, 6.45) is 0. The minimum atomic E-state index is -3.74. The van der Waals surface area contributed by atoms with E-state index >= 15 is 0 Å². The van der Waals surface area contributed by atoms with Crippen LogP contribution < -0.4 is 5.32 Å². The lowest BCUT2D eigenvalue weighted by Crippen LogP contribution is -2.40. The average molecular weight is 443 g/mol. The van der Waals surface area contributed by atoms with Gasteiger partial charge in [0, 0.05) is 18.8 Å². The zero-order valence-electron chi connectivity index (χ0n) is 16.8. The van der Waals surface area contributed by atoms with Crippen LogP contribution in [0.15, 0.2) is 47.4 Å². The molecule has 2 aromatic carbocycles. The first kappa shape index (κ1) is 21.2. The van der Waals surface area contributed by atoms with Crippen LogP contribution in [-0.4, -0.2) is 68.2 Å². The van der Waals surface area contributed by atoms with Crippen LogP contribution in [0, 0.1) is 6.92 Å². The molecule has 0 bridgehead atoms. The van der Waals surface area contributed by atoms with Gasteiger partial charge in [0.05, 0.1) is 29.2 Å². The SMILES string of the molecule is Cc1ccc(NC(=O)CN2C(=O)c3ccccc3C2=O)cc1S(=O)(=O)N1CCOCC1. The molecule has 2 aliphatic rings. The van der Waals surface area contributed by atoms with Gasteiger partial charge in [0.1, 0.15) is 6.54 Å². The van der Waals surface area contributed by atoms with Gasteiger partial charge in [-0.25, -0.2) is 8.42 Å². The second-order valence-corrected chi connectivity index (χ2v) is 9.19.